The molecule has 3 aromatic rings. The van der Waals surface area contributed by atoms with Gasteiger partial charge in [-0.05, 0) is 57.3 Å². The van der Waals surface area contributed by atoms with Gasteiger partial charge < -0.3 is 15.6 Å². The average Bonchev–Trinajstić information content (AvgIpc) is 3.39. The minimum Gasteiger partial charge on any atom is -0.365 e. The molecule has 1 aliphatic rings. The van der Waals surface area contributed by atoms with Crippen LogP contribution < -0.4 is 11.1 Å². The number of thiophene rings is 1. The molecule has 1 aliphatic carbocycles. The predicted molar refractivity (Wildman–Crippen MR) is 141 cm³/mol. The number of rotatable bonds is 10. The van der Waals surface area contributed by atoms with E-state index in [-0.39, 0.29) is 17.7 Å². The Morgan fingerprint density at radius 3 is 2.63 bits per heavy atom. The van der Waals surface area contributed by atoms with Crippen LogP contribution in [0.4, 0.5) is 5.00 Å². The number of amides is 2. The highest BCUT2D eigenvalue weighted by Gasteiger charge is 2.26. The smallest absolute Gasteiger partial charge is 0.251 e. The number of carbonyl (C=O) groups is 2. The highest BCUT2D eigenvalue weighted by molar-refractivity contribution is 7.99. The van der Waals surface area contributed by atoms with Crippen LogP contribution in [0.3, 0.4) is 0 Å². The molecule has 2 heterocycles. The van der Waals surface area contributed by atoms with Crippen molar-refractivity contribution < 1.29 is 9.59 Å². The number of aromatic nitrogens is 3. The van der Waals surface area contributed by atoms with Gasteiger partial charge in [0.2, 0.25) is 5.91 Å². The van der Waals surface area contributed by atoms with E-state index in [4.69, 9.17) is 5.73 Å². The summed E-state index contributed by atoms with van der Waals surface area (Å²) in [4.78, 5) is 28.3. The number of nitrogens with one attached hydrogen (secondary N) is 1. The molecule has 2 amide bonds. The van der Waals surface area contributed by atoms with Crippen LogP contribution in [0.25, 0.3) is 0 Å². The number of fused-ring (bicyclic) bond motifs is 1. The maximum Gasteiger partial charge on any atom is 0.251 e. The quantitative estimate of drug-likeness (QED) is 0.396. The van der Waals surface area contributed by atoms with Gasteiger partial charge >= 0.3 is 0 Å². The van der Waals surface area contributed by atoms with Crippen LogP contribution in [-0.4, -0.2) is 51.3 Å². The third-order valence-corrected chi connectivity index (χ3v) is 8.41. The van der Waals surface area contributed by atoms with Crippen molar-refractivity contribution in [3.8, 4) is 0 Å². The number of nitrogens with zero attached hydrogens (tertiary/aromatic N) is 4. The van der Waals surface area contributed by atoms with Gasteiger partial charge in [0.05, 0.1) is 23.9 Å². The minimum atomic E-state index is -0.478. The minimum absolute atomic E-state index is 0.116. The third-order valence-electron chi connectivity index (χ3n) is 6.24. The van der Waals surface area contributed by atoms with Gasteiger partial charge in [-0.15, -0.1) is 21.5 Å². The largest absolute Gasteiger partial charge is 0.365 e. The monoisotopic (exact) mass is 512 g/mol. The summed E-state index contributed by atoms with van der Waals surface area (Å²) in [5, 5.41) is 13.2. The first-order valence-corrected chi connectivity index (χ1v) is 13.7. The number of hydrogen-bond acceptors (Lipinski definition) is 7. The number of benzene rings is 1. The van der Waals surface area contributed by atoms with Crippen molar-refractivity contribution in [1.29, 1.82) is 0 Å². The van der Waals surface area contributed by atoms with Crippen molar-refractivity contribution >= 4 is 39.9 Å². The molecule has 8 nitrogen and oxygen atoms in total. The van der Waals surface area contributed by atoms with Crippen molar-refractivity contribution in [3.05, 3.63) is 57.7 Å². The molecule has 10 heteroatoms. The molecule has 0 radical (unpaired) electrons. The Balaban J connectivity index is 1.52. The van der Waals surface area contributed by atoms with Crippen molar-refractivity contribution in [2.24, 2.45) is 5.73 Å². The first-order valence-electron chi connectivity index (χ1n) is 11.9. The van der Waals surface area contributed by atoms with Gasteiger partial charge in [0.1, 0.15) is 5.00 Å². The number of primary amides is 1. The second kappa shape index (κ2) is 11.4. The van der Waals surface area contributed by atoms with Gasteiger partial charge in [-0.1, -0.05) is 49.0 Å². The van der Waals surface area contributed by atoms with E-state index in [1.54, 1.807) is 0 Å². The summed E-state index contributed by atoms with van der Waals surface area (Å²) in [6.07, 6.45) is 4.80. The van der Waals surface area contributed by atoms with Crippen LogP contribution in [-0.2, 0) is 24.2 Å². The molecular weight excluding hydrogens is 480 g/mol. The number of hydrogen-bond donors (Lipinski definition) is 2. The van der Waals surface area contributed by atoms with Gasteiger partial charge in [-0.25, -0.2) is 0 Å². The summed E-state index contributed by atoms with van der Waals surface area (Å²) in [5.41, 5.74) is 8.31. The van der Waals surface area contributed by atoms with Gasteiger partial charge in [0, 0.05) is 4.88 Å². The van der Waals surface area contributed by atoms with Crippen molar-refractivity contribution in [2.75, 3.05) is 25.2 Å². The summed E-state index contributed by atoms with van der Waals surface area (Å²) in [6.45, 7) is 2.75. The molecule has 0 aliphatic heterocycles. The van der Waals surface area contributed by atoms with E-state index in [2.05, 4.69) is 44.0 Å². The van der Waals surface area contributed by atoms with Crippen LogP contribution >= 0.6 is 23.1 Å². The SMILES string of the molecule is CCC(c1nnc(SCC(=O)Nc2sc3c(c2C(N)=O)CCCC3)n1Cc1ccccc1)N(C)C. The Morgan fingerprint density at radius 2 is 1.94 bits per heavy atom. The lowest BCUT2D eigenvalue weighted by atomic mass is 9.95. The van der Waals surface area contributed by atoms with Gasteiger partial charge in [-0.2, -0.15) is 0 Å². The molecule has 0 fully saturated rings. The lowest BCUT2D eigenvalue weighted by molar-refractivity contribution is -0.113. The standard InChI is InChI=1S/C25H32N6O2S2/c1-4-18(30(2)3)23-28-29-25(31(23)14-16-10-6-5-7-11-16)34-15-20(32)27-24-21(22(26)33)17-12-8-9-13-19(17)35-24/h5-7,10-11,18H,4,8-9,12-15H2,1-3H3,(H2,26,33)(H,27,32). The van der Waals surface area contributed by atoms with Crippen molar-refractivity contribution in [3.63, 3.8) is 0 Å². The van der Waals surface area contributed by atoms with Crippen LogP contribution in [0.5, 0.6) is 0 Å². The number of aryl methyl sites for hydroxylation is 1. The fourth-order valence-corrected chi connectivity index (χ4v) is 6.61. The molecule has 3 N–H and O–H groups in total. The Bertz CT molecular complexity index is 1190. The molecule has 0 saturated carbocycles. The molecule has 35 heavy (non-hydrogen) atoms. The number of carbonyl (C=O) groups excluding carboxylic acids is 2. The molecule has 1 unspecified atom stereocenters. The molecule has 1 atom stereocenters. The highest BCUT2D eigenvalue weighted by atomic mass is 32.2. The highest BCUT2D eigenvalue weighted by Crippen LogP contribution is 2.38. The summed E-state index contributed by atoms with van der Waals surface area (Å²) >= 11 is 2.83. The topological polar surface area (TPSA) is 106 Å². The van der Waals surface area contributed by atoms with Crippen molar-refractivity contribution in [2.45, 2.75) is 56.8 Å². The van der Waals surface area contributed by atoms with Crippen LogP contribution in [0.15, 0.2) is 35.5 Å². The fraction of sp³-hybridized carbons (Fsp3) is 0.440. The Kier molecular flexibility index (Phi) is 8.25. The molecule has 186 valence electrons. The maximum absolute atomic E-state index is 12.9. The third kappa shape index (κ3) is 5.76. The molecule has 0 bridgehead atoms. The second-order valence-corrected chi connectivity index (χ2v) is 11.0. The van der Waals surface area contributed by atoms with E-state index in [0.717, 1.165) is 53.9 Å². The fourth-order valence-electron chi connectivity index (χ4n) is 4.55. The predicted octanol–water partition coefficient (Wildman–Crippen LogP) is 4.11. The maximum atomic E-state index is 12.9. The van der Waals surface area contributed by atoms with Crippen molar-refractivity contribution in [1.82, 2.24) is 19.7 Å². The van der Waals surface area contributed by atoms with Gasteiger partial charge in [0.15, 0.2) is 11.0 Å². The molecular formula is C25H32N6O2S2. The van der Waals surface area contributed by atoms with Gasteiger partial charge in [0.25, 0.3) is 5.91 Å². The lowest BCUT2D eigenvalue weighted by Gasteiger charge is -2.23. The van der Waals surface area contributed by atoms with E-state index < -0.39 is 5.91 Å². The van der Waals surface area contributed by atoms with E-state index in [0.29, 0.717) is 22.3 Å². The normalized spacial score (nSPS) is 14.1. The zero-order chi connectivity index (χ0) is 24.9. The molecule has 2 aromatic heterocycles. The lowest BCUT2D eigenvalue weighted by Crippen LogP contribution is -2.23. The van der Waals surface area contributed by atoms with E-state index in [9.17, 15) is 9.59 Å². The Morgan fingerprint density at radius 1 is 1.20 bits per heavy atom. The molecule has 4 rings (SSSR count). The molecule has 1 aromatic carbocycles. The zero-order valence-electron chi connectivity index (χ0n) is 20.4. The Hall–Kier alpha value is -2.69. The second-order valence-electron chi connectivity index (χ2n) is 8.92. The summed E-state index contributed by atoms with van der Waals surface area (Å²) in [6, 6.07) is 10.3. The van der Waals surface area contributed by atoms with E-state index in [1.165, 1.54) is 23.1 Å². The first kappa shape index (κ1) is 25.4. The van der Waals surface area contributed by atoms with E-state index in [1.807, 2.05) is 32.3 Å². The summed E-state index contributed by atoms with van der Waals surface area (Å²) < 4.78 is 2.10. The Labute approximate surface area is 214 Å². The molecule has 0 saturated heterocycles. The van der Waals surface area contributed by atoms with Gasteiger partial charge in [-0.3, -0.25) is 14.5 Å². The average molecular weight is 513 g/mol. The van der Waals surface area contributed by atoms with E-state index >= 15 is 0 Å². The first-order chi connectivity index (χ1) is 16.9. The number of thioether (sulfide) groups is 1. The zero-order valence-corrected chi connectivity index (χ0v) is 22.0. The summed E-state index contributed by atoms with van der Waals surface area (Å²) in [7, 11) is 4.07. The number of nitrogens with two attached hydrogens (primary N) is 1. The summed E-state index contributed by atoms with van der Waals surface area (Å²) in [5.74, 6) is 0.374. The molecule has 0 spiro atoms. The number of anilines is 1. The van der Waals surface area contributed by atoms with Crippen LogP contribution in [0, 0.1) is 0 Å². The van der Waals surface area contributed by atoms with Crippen LogP contribution in [0.1, 0.15) is 64.4 Å². The van der Waals surface area contributed by atoms with Crippen LogP contribution in [0.2, 0.25) is 0 Å².